The van der Waals surface area contributed by atoms with Crippen LogP contribution in [-0.4, -0.2) is 46.8 Å². The molecule has 20 heavy (non-hydrogen) atoms. The highest BCUT2D eigenvalue weighted by Gasteiger charge is 2.38. The van der Waals surface area contributed by atoms with E-state index in [4.69, 9.17) is 9.94 Å². The van der Waals surface area contributed by atoms with Crippen molar-refractivity contribution in [2.75, 3.05) is 13.1 Å². The summed E-state index contributed by atoms with van der Waals surface area (Å²) in [6.07, 6.45) is 3.60. The van der Waals surface area contributed by atoms with Crippen LogP contribution in [-0.2, 0) is 14.4 Å². The van der Waals surface area contributed by atoms with Gasteiger partial charge in [-0.05, 0) is 18.3 Å². The van der Waals surface area contributed by atoms with Crippen LogP contribution >= 0.6 is 0 Å². The summed E-state index contributed by atoms with van der Waals surface area (Å²) in [7, 11) is 0. The molecule has 2 aliphatic heterocycles. The van der Waals surface area contributed by atoms with Crippen molar-refractivity contribution < 1.29 is 19.5 Å². The molecule has 1 unspecified atom stereocenters. The van der Waals surface area contributed by atoms with E-state index in [0.29, 0.717) is 5.41 Å². The molecule has 1 amide bonds. The molecule has 0 aliphatic carbocycles. The first kappa shape index (κ1) is 14.8. The molecule has 6 heteroatoms. The second-order valence-corrected chi connectivity index (χ2v) is 5.67. The molecule has 0 spiro atoms. The molecule has 0 aromatic heterocycles. The SMILES string of the molecule is CCC1(CC)CCN(C(=O)C2CC(C(=O)O)=NO2)CC1. The maximum atomic E-state index is 12.3. The van der Waals surface area contributed by atoms with Crippen LogP contribution in [0.4, 0.5) is 0 Å². The number of aliphatic carboxylic acids is 1. The zero-order chi connectivity index (χ0) is 14.8. The molecule has 1 fully saturated rings. The van der Waals surface area contributed by atoms with Crippen molar-refractivity contribution in [3.05, 3.63) is 0 Å². The van der Waals surface area contributed by atoms with Gasteiger partial charge in [0.15, 0.2) is 5.71 Å². The number of carboxylic acids is 1. The number of carbonyl (C=O) groups is 2. The van der Waals surface area contributed by atoms with Crippen LogP contribution < -0.4 is 0 Å². The minimum absolute atomic E-state index is 0.0668. The van der Waals surface area contributed by atoms with Crippen molar-refractivity contribution in [1.29, 1.82) is 0 Å². The molecule has 6 nitrogen and oxygen atoms in total. The van der Waals surface area contributed by atoms with E-state index in [9.17, 15) is 9.59 Å². The first-order valence-corrected chi connectivity index (χ1v) is 7.26. The van der Waals surface area contributed by atoms with Crippen molar-refractivity contribution >= 4 is 17.6 Å². The van der Waals surface area contributed by atoms with Gasteiger partial charge in [-0.1, -0.05) is 31.8 Å². The van der Waals surface area contributed by atoms with Crippen molar-refractivity contribution in [2.45, 2.75) is 52.1 Å². The molecule has 2 aliphatic rings. The van der Waals surface area contributed by atoms with Crippen molar-refractivity contribution in [1.82, 2.24) is 4.90 Å². The van der Waals surface area contributed by atoms with Crippen LogP contribution in [0.15, 0.2) is 5.16 Å². The number of rotatable bonds is 4. The molecule has 1 saturated heterocycles. The van der Waals surface area contributed by atoms with Gasteiger partial charge < -0.3 is 14.8 Å². The standard InChI is InChI=1S/C14H22N2O4/c1-3-14(4-2)5-7-16(8-6-14)12(17)11-9-10(13(18)19)15-20-11/h11H,3-9H2,1-2H3,(H,18,19). The molecule has 2 rings (SSSR count). The molecule has 0 aromatic carbocycles. The Kier molecular flexibility index (Phi) is 4.30. The molecule has 112 valence electrons. The van der Waals surface area contributed by atoms with E-state index in [1.807, 2.05) is 0 Å². The maximum Gasteiger partial charge on any atom is 0.353 e. The van der Waals surface area contributed by atoms with E-state index in [1.165, 1.54) is 0 Å². The molecule has 0 radical (unpaired) electrons. The molecule has 2 heterocycles. The Morgan fingerprint density at radius 2 is 1.95 bits per heavy atom. The molecule has 0 saturated carbocycles. The number of carboxylic acid groups (broad SMARTS) is 1. The number of piperidine rings is 1. The minimum Gasteiger partial charge on any atom is -0.477 e. The molecular weight excluding hydrogens is 260 g/mol. The minimum atomic E-state index is -1.12. The predicted octanol–water partition coefficient (Wildman–Crippen LogP) is 1.64. The Morgan fingerprint density at radius 3 is 2.40 bits per heavy atom. The van der Waals surface area contributed by atoms with Gasteiger partial charge in [0.25, 0.3) is 5.91 Å². The van der Waals surface area contributed by atoms with Crippen LogP contribution in [0, 0.1) is 5.41 Å². The second-order valence-electron chi connectivity index (χ2n) is 5.67. The van der Waals surface area contributed by atoms with Gasteiger partial charge in [-0.25, -0.2) is 4.79 Å². The Labute approximate surface area is 118 Å². The predicted molar refractivity (Wildman–Crippen MR) is 73.4 cm³/mol. The normalized spacial score (nSPS) is 25.0. The first-order chi connectivity index (χ1) is 9.51. The Balaban J connectivity index is 1.89. The Hall–Kier alpha value is -1.59. The van der Waals surface area contributed by atoms with Gasteiger partial charge in [0.2, 0.25) is 6.10 Å². The highest BCUT2D eigenvalue weighted by molar-refractivity contribution is 6.36. The van der Waals surface area contributed by atoms with Crippen molar-refractivity contribution in [3.8, 4) is 0 Å². The van der Waals surface area contributed by atoms with Gasteiger partial charge in [-0.3, -0.25) is 4.79 Å². The fourth-order valence-corrected chi connectivity index (χ4v) is 3.00. The summed E-state index contributed by atoms with van der Waals surface area (Å²) < 4.78 is 0. The van der Waals surface area contributed by atoms with Crippen LogP contribution in [0.5, 0.6) is 0 Å². The highest BCUT2D eigenvalue weighted by atomic mass is 16.6. The van der Waals surface area contributed by atoms with E-state index < -0.39 is 12.1 Å². The molecular formula is C14H22N2O4. The zero-order valence-corrected chi connectivity index (χ0v) is 12.1. The molecule has 0 bridgehead atoms. The molecule has 1 N–H and O–H groups in total. The van der Waals surface area contributed by atoms with Gasteiger partial charge in [0, 0.05) is 19.5 Å². The number of oxime groups is 1. The highest BCUT2D eigenvalue weighted by Crippen LogP contribution is 2.38. The summed E-state index contributed by atoms with van der Waals surface area (Å²) in [4.78, 5) is 29.8. The van der Waals surface area contributed by atoms with Gasteiger partial charge in [0.1, 0.15) is 0 Å². The topological polar surface area (TPSA) is 79.2 Å². The van der Waals surface area contributed by atoms with E-state index in [1.54, 1.807) is 4.90 Å². The smallest absolute Gasteiger partial charge is 0.353 e. The third-order valence-electron chi connectivity index (χ3n) is 4.83. The lowest BCUT2D eigenvalue weighted by molar-refractivity contribution is -0.144. The van der Waals surface area contributed by atoms with Gasteiger partial charge in [-0.15, -0.1) is 0 Å². The van der Waals surface area contributed by atoms with Crippen LogP contribution in [0.3, 0.4) is 0 Å². The number of hydrogen-bond acceptors (Lipinski definition) is 4. The summed E-state index contributed by atoms with van der Waals surface area (Å²) in [5.74, 6) is -1.25. The average molecular weight is 282 g/mol. The summed E-state index contributed by atoms with van der Waals surface area (Å²) in [5, 5.41) is 12.3. The summed E-state index contributed by atoms with van der Waals surface area (Å²) in [6.45, 7) is 5.85. The number of nitrogens with zero attached hydrogens (tertiary/aromatic N) is 2. The van der Waals surface area contributed by atoms with Gasteiger partial charge >= 0.3 is 5.97 Å². The van der Waals surface area contributed by atoms with E-state index >= 15 is 0 Å². The Bertz CT molecular complexity index is 419. The third kappa shape index (κ3) is 2.78. The number of amides is 1. The van der Waals surface area contributed by atoms with E-state index in [-0.39, 0.29) is 18.0 Å². The number of likely N-dealkylation sites (tertiary alicyclic amines) is 1. The van der Waals surface area contributed by atoms with Gasteiger partial charge in [-0.2, -0.15) is 0 Å². The van der Waals surface area contributed by atoms with Gasteiger partial charge in [0.05, 0.1) is 0 Å². The van der Waals surface area contributed by atoms with Crippen LogP contribution in [0.1, 0.15) is 46.0 Å². The van der Waals surface area contributed by atoms with E-state index in [2.05, 4.69) is 19.0 Å². The third-order valence-corrected chi connectivity index (χ3v) is 4.83. The molecule has 1 atom stereocenters. The van der Waals surface area contributed by atoms with E-state index in [0.717, 1.165) is 38.8 Å². The molecule has 0 aromatic rings. The summed E-state index contributed by atoms with van der Waals surface area (Å²) in [5.41, 5.74) is 0.285. The number of carbonyl (C=O) groups excluding carboxylic acids is 1. The maximum absolute atomic E-state index is 12.3. The monoisotopic (exact) mass is 282 g/mol. The summed E-state index contributed by atoms with van der Waals surface area (Å²) in [6, 6.07) is 0. The fraction of sp³-hybridized carbons (Fsp3) is 0.786. The van der Waals surface area contributed by atoms with Crippen LogP contribution in [0.25, 0.3) is 0 Å². The zero-order valence-electron chi connectivity index (χ0n) is 12.1. The van der Waals surface area contributed by atoms with Crippen molar-refractivity contribution in [2.24, 2.45) is 10.6 Å². The lowest BCUT2D eigenvalue weighted by atomic mass is 9.74. The van der Waals surface area contributed by atoms with Crippen molar-refractivity contribution in [3.63, 3.8) is 0 Å². The Morgan fingerprint density at radius 1 is 1.35 bits per heavy atom. The fourth-order valence-electron chi connectivity index (χ4n) is 3.00. The quantitative estimate of drug-likeness (QED) is 0.850. The van der Waals surface area contributed by atoms with Crippen LogP contribution in [0.2, 0.25) is 0 Å². The lowest BCUT2D eigenvalue weighted by Crippen LogP contribution is -2.46. The largest absolute Gasteiger partial charge is 0.477 e. The lowest BCUT2D eigenvalue weighted by Gasteiger charge is -2.41. The average Bonchev–Trinajstić information content (AvgIpc) is 2.96. The second kappa shape index (κ2) is 5.81. The first-order valence-electron chi connectivity index (χ1n) is 7.26. The number of hydrogen-bond donors (Lipinski definition) is 1. The summed E-state index contributed by atoms with van der Waals surface area (Å²) >= 11 is 0.